The monoisotopic (exact) mass is 1710 g/mol. The maximum absolute atomic E-state index is 13.7. The molecule has 6 aliphatic carbocycles. The Labute approximate surface area is 713 Å². The van der Waals surface area contributed by atoms with E-state index in [9.17, 15) is 58.2 Å². The van der Waals surface area contributed by atoms with Crippen LogP contribution in [0.25, 0.3) is 33.8 Å². The van der Waals surface area contributed by atoms with Crippen LogP contribution in [0, 0.1) is 53.3 Å². The van der Waals surface area contributed by atoms with Gasteiger partial charge >= 0.3 is 47.8 Å². The molecule has 34 heteroatoms. The van der Waals surface area contributed by atoms with Gasteiger partial charge in [0, 0.05) is 52.6 Å². The van der Waals surface area contributed by atoms with Crippen molar-refractivity contribution in [3.8, 4) is 80.8 Å². The van der Waals surface area contributed by atoms with Gasteiger partial charge in [-0.1, -0.05) is 18.2 Å². The lowest BCUT2D eigenvalue weighted by molar-refractivity contribution is -0.164. The van der Waals surface area contributed by atoms with Crippen LogP contribution < -0.4 is 59.4 Å². The second-order valence-electron chi connectivity index (χ2n) is 32.3. The first-order valence-corrected chi connectivity index (χ1v) is 40.4. The van der Waals surface area contributed by atoms with Gasteiger partial charge in [-0.05, 0) is 193 Å². The van der Waals surface area contributed by atoms with E-state index in [1.54, 1.807) is 126 Å². The lowest BCUT2D eigenvalue weighted by Gasteiger charge is -2.26. The predicted molar refractivity (Wildman–Crippen MR) is 445 cm³/mol. The summed E-state index contributed by atoms with van der Waals surface area (Å²) < 4.78 is 69.8. The summed E-state index contributed by atoms with van der Waals surface area (Å²) in [4.78, 5) is 151. The molecule has 0 aliphatic heterocycles. The molecule has 6 aliphatic rings. The van der Waals surface area contributed by atoms with Crippen LogP contribution in [-0.2, 0) is 66.8 Å². The molecule has 123 heavy (non-hydrogen) atoms. The number of aromatic amines is 1. The Morgan fingerprint density at radius 2 is 0.764 bits per heavy atom. The maximum atomic E-state index is 13.7. The first-order valence-electron chi connectivity index (χ1n) is 40.4. The van der Waals surface area contributed by atoms with Gasteiger partial charge in [0.25, 0.3) is 11.6 Å². The fourth-order valence-electron chi connectivity index (χ4n) is 15.0. The van der Waals surface area contributed by atoms with Crippen molar-refractivity contribution in [1.29, 1.82) is 0 Å². The number of H-pyrrole nitrogens is 1. The highest BCUT2D eigenvalue weighted by Crippen LogP contribution is 2.50. The van der Waals surface area contributed by atoms with Crippen LogP contribution in [0.15, 0.2) is 134 Å². The van der Waals surface area contributed by atoms with E-state index in [4.69, 9.17) is 61.6 Å². The van der Waals surface area contributed by atoms with E-state index >= 15 is 0 Å². The van der Waals surface area contributed by atoms with E-state index in [0.29, 0.717) is 47.8 Å². The molecule has 0 unspecified atom stereocenters. The molecule has 3 aromatic carbocycles. The topological polar surface area (TPSA) is 447 Å². The Hall–Kier alpha value is -12.5. The molecule has 12 rings (SSSR count). The first kappa shape index (κ1) is 94.4. The number of nitrogens with one attached hydrogen (secondary N) is 4. The summed E-state index contributed by atoms with van der Waals surface area (Å²) in [7, 11) is 9.11. The number of hydrogen-bond acceptors (Lipinski definition) is 29. The van der Waals surface area contributed by atoms with Crippen molar-refractivity contribution in [2.45, 2.75) is 166 Å². The highest BCUT2D eigenvalue weighted by Gasteiger charge is 2.65. The Balaban J connectivity index is 0.000000195. The Bertz CT molecular complexity index is 4860. The Morgan fingerprint density at radius 1 is 0.447 bits per heavy atom. The van der Waals surface area contributed by atoms with E-state index in [0.717, 1.165) is 22.4 Å². The van der Waals surface area contributed by atoms with Gasteiger partial charge < -0.3 is 87.7 Å². The summed E-state index contributed by atoms with van der Waals surface area (Å²) in [6.45, 7) is 27.4. The number of aromatic nitrogens is 6. The number of carboxylic acid groups (broad SMARTS) is 1. The number of amides is 3. The summed E-state index contributed by atoms with van der Waals surface area (Å²) in [5.41, 5.74) is -1.11. The number of aliphatic carboxylic acids is 1. The standard InChI is InChI=1S/C31H39N3O8.C27H31N3O8.C19H29NO6.C12H12N2O3/c1-8-19-17-31(19,28(37)40-9-2)34-26(35)22-14-21(15-23(22)27(36)42-30(3,4)5)41-25-16-24(32-29(33-25)39-7)18-10-12-20(38-6)13-11-18;1-5-16-14-27(16,25(34)37-6-2)30-23(31)19-11-18(12-20(19)24(32)33)38-22-13-21(28-26(29-22)36-4)15-7-9-17(35-3)10-8-15;1-6-11-10-19(11,17(24)25-7-2)20-15(22)13-8-12(21)9-14(13)16(23)26-18(3,4)5;1-16-9-5-3-8(4-6-9)10-7-11(15)14-12(13-10)17-2/h8,10-13,16,19,21-23H,1,9,14-15,17H2,2-7H3,(H,34,35);5,7-10,13,16,18-20H,1,6,11-12,14H2,2-4H3,(H,30,31)(H,32,33);6,11-14,21H,1,7-10H2,2-5H3,(H,20,22);3-7H,1-2H3,(H,13,14,15)/t19-,21-,22-,23-,31-;16-,18-,19-,20-,27-;11-,12+,13-,14-,19-;/m111./s1. The normalized spacial score (nSPS) is 24.8. The molecule has 6 N–H and O–H groups in total. The molecular formula is C89H111N9O25. The summed E-state index contributed by atoms with van der Waals surface area (Å²) in [5, 5.41) is 28.2. The minimum Gasteiger partial charge on any atom is -0.497 e. The lowest BCUT2D eigenvalue weighted by atomic mass is 9.94. The number of rotatable bonds is 31. The minimum atomic E-state index is -1.20. The van der Waals surface area contributed by atoms with Gasteiger partial charge in [-0.15, -0.1) is 19.7 Å². The van der Waals surface area contributed by atoms with Gasteiger partial charge in [0.1, 0.15) is 57.3 Å². The lowest BCUT2D eigenvalue weighted by Crippen LogP contribution is -2.49. The van der Waals surface area contributed by atoms with Crippen LogP contribution in [-0.4, -0.2) is 202 Å². The number of ether oxygens (including phenoxy) is 13. The van der Waals surface area contributed by atoms with Crippen LogP contribution in [0.5, 0.6) is 47.0 Å². The smallest absolute Gasteiger partial charge is 0.332 e. The average molecular weight is 1710 g/mol. The van der Waals surface area contributed by atoms with Gasteiger partial charge in [-0.2, -0.15) is 24.9 Å². The second kappa shape index (κ2) is 40.9. The number of aliphatic hydroxyl groups excluding tert-OH is 1. The number of carbonyl (C=O) groups is 9. The number of esters is 5. The van der Waals surface area contributed by atoms with Crippen LogP contribution in [0.2, 0.25) is 0 Å². The summed E-state index contributed by atoms with van der Waals surface area (Å²) in [6, 6.07) is 27.0. The number of carboxylic acids is 1. The minimum absolute atomic E-state index is 0.0796. The van der Waals surface area contributed by atoms with Crippen molar-refractivity contribution in [2.75, 3.05) is 62.5 Å². The van der Waals surface area contributed by atoms with Crippen molar-refractivity contribution in [2.24, 2.45) is 53.3 Å². The summed E-state index contributed by atoms with van der Waals surface area (Å²) >= 11 is 0. The average Bonchev–Trinajstić information content (AvgIpc) is 1.59. The number of aliphatic hydroxyl groups is 1. The van der Waals surface area contributed by atoms with E-state index in [1.807, 2.05) is 60.7 Å². The maximum Gasteiger partial charge on any atom is 0.332 e. The molecule has 6 fully saturated rings. The van der Waals surface area contributed by atoms with Crippen LogP contribution in [0.1, 0.15) is 120 Å². The molecule has 34 nitrogen and oxygen atoms in total. The fraction of sp³-hybridized carbons (Fsp3) is 0.494. The third-order valence-corrected chi connectivity index (χ3v) is 21.6. The van der Waals surface area contributed by atoms with Crippen molar-refractivity contribution < 1.29 is 115 Å². The summed E-state index contributed by atoms with van der Waals surface area (Å²) in [6.07, 6.45) is 5.08. The van der Waals surface area contributed by atoms with Gasteiger partial charge in [-0.3, -0.25) is 38.5 Å². The molecule has 0 spiro atoms. The molecule has 3 heterocycles. The molecule has 6 aromatic rings. The van der Waals surface area contributed by atoms with Gasteiger partial charge in [0.05, 0.1) is 121 Å². The van der Waals surface area contributed by atoms with Gasteiger partial charge in [0.15, 0.2) is 0 Å². The third-order valence-electron chi connectivity index (χ3n) is 21.6. The molecule has 15 atom stereocenters. The largest absolute Gasteiger partial charge is 0.497 e. The first-order chi connectivity index (χ1) is 58.4. The molecule has 0 radical (unpaired) electrons. The molecule has 3 aromatic heterocycles. The zero-order valence-corrected chi connectivity index (χ0v) is 71.9. The van der Waals surface area contributed by atoms with Crippen LogP contribution >= 0.6 is 0 Å². The van der Waals surface area contributed by atoms with Crippen LogP contribution in [0.4, 0.5) is 0 Å². The zero-order valence-electron chi connectivity index (χ0n) is 71.9. The Kier molecular flexibility index (Phi) is 31.4. The molecule has 662 valence electrons. The second-order valence-corrected chi connectivity index (χ2v) is 32.3. The van der Waals surface area contributed by atoms with Crippen molar-refractivity contribution in [1.82, 2.24) is 45.9 Å². The number of benzene rings is 3. The molecule has 6 saturated carbocycles. The van der Waals surface area contributed by atoms with E-state index in [2.05, 4.69) is 65.6 Å². The van der Waals surface area contributed by atoms with Gasteiger partial charge in [-0.25, -0.2) is 14.4 Å². The highest BCUT2D eigenvalue weighted by atomic mass is 16.6. The van der Waals surface area contributed by atoms with E-state index in [-0.39, 0.29) is 111 Å². The molecule has 0 saturated heterocycles. The summed E-state index contributed by atoms with van der Waals surface area (Å²) in [5.74, 6) is -8.18. The number of hydrogen-bond donors (Lipinski definition) is 6. The quantitative estimate of drug-likeness (QED) is 0.0134. The third kappa shape index (κ3) is 23.8. The number of nitrogens with zero attached hydrogens (tertiary/aromatic N) is 5. The number of carbonyl (C=O) groups excluding carboxylic acids is 8. The fourth-order valence-corrected chi connectivity index (χ4v) is 15.0. The Morgan fingerprint density at radius 3 is 1.07 bits per heavy atom. The molecule has 3 amide bonds. The van der Waals surface area contributed by atoms with E-state index in [1.165, 1.54) is 27.4 Å². The SMILES string of the molecule is C=C[C@@H]1C[C@]1(NC(=O)[C@@H]1C[C@@H](Oc2cc(-c3ccc(OC)cc3)nc(OC)n2)C[C@H]1C(=O)O)C(=O)OCC.C=C[C@@H]1C[C@]1(NC(=O)[C@@H]1C[C@@H](Oc2cc(-c3ccc(OC)cc3)nc(OC)n2)C[C@H]1C(=O)OC(C)(C)C)C(=O)OCC.C=C[C@@H]1C[C@]1(NC(=O)[C@@H]1C[C@H](O)C[C@H]1C(=O)OC(C)(C)C)C(=O)OCC.COc1ccc(-c2cc(=O)[nH]c(OC)n2)cc1. The van der Waals surface area contributed by atoms with Crippen molar-refractivity contribution in [3.63, 3.8) is 0 Å². The van der Waals surface area contributed by atoms with E-state index < -0.39 is 135 Å². The van der Waals surface area contributed by atoms with Crippen molar-refractivity contribution in [3.05, 3.63) is 139 Å². The highest BCUT2D eigenvalue weighted by molar-refractivity contribution is 5.96. The van der Waals surface area contributed by atoms with Crippen LogP contribution in [0.3, 0.4) is 0 Å². The van der Waals surface area contributed by atoms with Crippen molar-refractivity contribution >= 4 is 53.5 Å². The zero-order chi connectivity index (χ0) is 90.1. The predicted octanol–water partition coefficient (Wildman–Crippen LogP) is 9.34. The van der Waals surface area contributed by atoms with Gasteiger partial charge in [0.2, 0.25) is 29.5 Å². The number of methoxy groups -OCH3 is 6. The molecular weight excluding hydrogens is 1600 g/mol. The molecule has 0 bridgehead atoms.